The summed E-state index contributed by atoms with van der Waals surface area (Å²) in [5.41, 5.74) is 1.96. The average molecular weight is 408 g/mol. The molecule has 0 fully saturated rings. The minimum absolute atomic E-state index is 0.168. The van der Waals surface area contributed by atoms with Gasteiger partial charge in [0.1, 0.15) is 12.4 Å². The van der Waals surface area contributed by atoms with Gasteiger partial charge in [0, 0.05) is 19.5 Å². The number of likely N-dealkylation sites (N-methyl/N-ethyl adjacent to an activating group) is 1. The predicted octanol–water partition coefficient (Wildman–Crippen LogP) is 3.50. The van der Waals surface area contributed by atoms with Crippen LogP contribution in [0.4, 0.5) is 0 Å². The number of carbonyl (C=O) groups excluding carboxylic acids is 2. The summed E-state index contributed by atoms with van der Waals surface area (Å²) in [5, 5.41) is 10.5. The number of nitrogens with zero attached hydrogens (tertiary/aromatic N) is 2. The van der Waals surface area contributed by atoms with Crippen molar-refractivity contribution in [2.24, 2.45) is 0 Å². The summed E-state index contributed by atoms with van der Waals surface area (Å²) in [6.45, 7) is 3.16. The number of hydrogen-bond donors (Lipinski definition) is 1. The molecule has 0 radical (unpaired) electrons. The molecule has 158 valence electrons. The first-order valence-electron chi connectivity index (χ1n) is 10.1. The molecule has 1 amide bonds. The Balaban J connectivity index is 1.90. The molecule has 0 aromatic heterocycles. The van der Waals surface area contributed by atoms with E-state index in [-0.39, 0.29) is 17.8 Å². The Morgan fingerprint density at radius 3 is 2.53 bits per heavy atom. The Bertz CT molecular complexity index is 937. The van der Waals surface area contributed by atoms with Crippen LogP contribution >= 0.6 is 0 Å². The Morgan fingerprint density at radius 2 is 1.87 bits per heavy atom. The highest BCUT2D eigenvalue weighted by Crippen LogP contribution is 2.39. The van der Waals surface area contributed by atoms with E-state index in [1.807, 2.05) is 73.6 Å². The van der Waals surface area contributed by atoms with Crippen LogP contribution < -0.4 is 4.74 Å². The first-order valence-corrected chi connectivity index (χ1v) is 10.1. The summed E-state index contributed by atoms with van der Waals surface area (Å²) < 4.78 is 5.93. The predicted molar refractivity (Wildman–Crippen MR) is 115 cm³/mol. The highest BCUT2D eigenvalue weighted by atomic mass is 16.5. The van der Waals surface area contributed by atoms with Crippen molar-refractivity contribution in [3.8, 4) is 5.75 Å². The number of ether oxygens (including phenoxy) is 1. The number of hydrogen-bond acceptors (Lipinski definition) is 5. The molecule has 1 aliphatic rings. The Kier molecular flexibility index (Phi) is 6.90. The van der Waals surface area contributed by atoms with Gasteiger partial charge in [-0.1, -0.05) is 49.4 Å². The number of Topliss-reactive ketones (excluding diaryl/α,β-unsaturated/α-hetero) is 1. The third kappa shape index (κ3) is 4.71. The second-order valence-corrected chi connectivity index (χ2v) is 7.59. The molecule has 1 N–H and O–H groups in total. The standard InChI is InChI=1S/C24H28N2O4/c1-4-20(27)21-22(26(14-13-25(2)3)24(29)23(21)28)18-11-8-12-19(15-18)30-16-17-9-6-5-7-10-17/h5-12,15,22,28H,4,13-14,16H2,1-3H3. The number of aliphatic hydroxyl groups is 1. The van der Waals surface area contributed by atoms with E-state index >= 15 is 0 Å². The van der Waals surface area contributed by atoms with Gasteiger partial charge >= 0.3 is 0 Å². The normalized spacial score (nSPS) is 16.5. The Morgan fingerprint density at radius 1 is 1.13 bits per heavy atom. The third-order valence-electron chi connectivity index (χ3n) is 5.14. The fourth-order valence-corrected chi connectivity index (χ4v) is 3.53. The lowest BCUT2D eigenvalue weighted by atomic mass is 9.95. The fourth-order valence-electron chi connectivity index (χ4n) is 3.53. The molecule has 0 bridgehead atoms. The molecule has 1 unspecified atom stereocenters. The molecule has 2 aromatic carbocycles. The SMILES string of the molecule is CCC(=O)C1=C(O)C(=O)N(CCN(C)C)C1c1cccc(OCc2ccccc2)c1. The van der Waals surface area contributed by atoms with E-state index in [2.05, 4.69) is 0 Å². The van der Waals surface area contributed by atoms with Crippen LogP contribution in [-0.4, -0.2) is 53.8 Å². The van der Waals surface area contributed by atoms with Crippen molar-refractivity contribution in [2.75, 3.05) is 27.2 Å². The maximum Gasteiger partial charge on any atom is 0.290 e. The summed E-state index contributed by atoms with van der Waals surface area (Å²) in [5.74, 6) is -0.532. The number of carbonyl (C=O) groups is 2. The molecular weight excluding hydrogens is 380 g/mol. The maximum absolute atomic E-state index is 12.7. The average Bonchev–Trinajstić information content (AvgIpc) is 3.01. The van der Waals surface area contributed by atoms with E-state index in [1.165, 1.54) is 0 Å². The second-order valence-electron chi connectivity index (χ2n) is 7.59. The van der Waals surface area contributed by atoms with Crippen molar-refractivity contribution in [1.29, 1.82) is 0 Å². The van der Waals surface area contributed by atoms with Crippen LogP contribution in [0, 0.1) is 0 Å². The molecule has 0 saturated carbocycles. The van der Waals surface area contributed by atoms with Crippen LogP contribution in [0.25, 0.3) is 0 Å². The molecule has 6 nitrogen and oxygen atoms in total. The van der Waals surface area contributed by atoms with Gasteiger partial charge in [-0.3, -0.25) is 9.59 Å². The van der Waals surface area contributed by atoms with E-state index in [9.17, 15) is 14.7 Å². The largest absolute Gasteiger partial charge is 0.503 e. The van der Waals surface area contributed by atoms with Crippen molar-refractivity contribution in [3.63, 3.8) is 0 Å². The van der Waals surface area contributed by atoms with Gasteiger partial charge in [0.15, 0.2) is 11.5 Å². The number of rotatable bonds is 9. The Hall–Kier alpha value is -3.12. The summed E-state index contributed by atoms with van der Waals surface area (Å²) >= 11 is 0. The van der Waals surface area contributed by atoms with Crippen molar-refractivity contribution in [2.45, 2.75) is 26.0 Å². The fraction of sp³-hybridized carbons (Fsp3) is 0.333. The monoisotopic (exact) mass is 408 g/mol. The number of benzene rings is 2. The summed E-state index contributed by atoms with van der Waals surface area (Å²) in [7, 11) is 3.83. The minimum Gasteiger partial charge on any atom is -0.503 e. The van der Waals surface area contributed by atoms with Gasteiger partial charge in [0.2, 0.25) is 0 Å². The first-order chi connectivity index (χ1) is 14.4. The van der Waals surface area contributed by atoms with Crippen LogP contribution in [0.5, 0.6) is 5.75 Å². The highest BCUT2D eigenvalue weighted by Gasteiger charge is 2.42. The van der Waals surface area contributed by atoms with Crippen molar-refractivity contribution >= 4 is 11.7 Å². The Labute approximate surface area is 177 Å². The zero-order valence-electron chi connectivity index (χ0n) is 17.7. The van der Waals surface area contributed by atoms with Gasteiger partial charge < -0.3 is 19.6 Å². The van der Waals surface area contributed by atoms with Crippen molar-refractivity contribution < 1.29 is 19.4 Å². The molecule has 1 aliphatic heterocycles. The molecule has 0 saturated heterocycles. The van der Waals surface area contributed by atoms with Crippen LogP contribution in [0.15, 0.2) is 65.9 Å². The lowest BCUT2D eigenvalue weighted by Crippen LogP contribution is -2.36. The molecular formula is C24H28N2O4. The van der Waals surface area contributed by atoms with E-state index in [0.29, 0.717) is 25.4 Å². The minimum atomic E-state index is -0.620. The van der Waals surface area contributed by atoms with Gasteiger partial charge in [-0.15, -0.1) is 0 Å². The summed E-state index contributed by atoms with van der Waals surface area (Å²) in [4.78, 5) is 28.9. The molecule has 0 aliphatic carbocycles. The van der Waals surface area contributed by atoms with Crippen molar-refractivity contribution in [3.05, 3.63) is 77.1 Å². The third-order valence-corrected chi connectivity index (χ3v) is 5.14. The molecule has 6 heteroatoms. The summed E-state index contributed by atoms with van der Waals surface area (Å²) in [6, 6.07) is 16.6. The maximum atomic E-state index is 12.7. The van der Waals surface area contributed by atoms with Crippen LogP contribution in [0.2, 0.25) is 0 Å². The van der Waals surface area contributed by atoms with Gasteiger partial charge in [-0.05, 0) is 37.4 Å². The topological polar surface area (TPSA) is 70.1 Å². The van der Waals surface area contributed by atoms with E-state index in [4.69, 9.17) is 4.74 Å². The second kappa shape index (κ2) is 9.59. The summed E-state index contributed by atoms with van der Waals surface area (Å²) in [6.07, 6.45) is 0.217. The molecule has 1 atom stereocenters. The molecule has 30 heavy (non-hydrogen) atoms. The van der Waals surface area contributed by atoms with Gasteiger partial charge in [-0.25, -0.2) is 0 Å². The van der Waals surface area contributed by atoms with E-state index in [1.54, 1.807) is 11.8 Å². The van der Waals surface area contributed by atoms with Crippen LogP contribution in [-0.2, 0) is 16.2 Å². The zero-order valence-corrected chi connectivity index (χ0v) is 17.7. The van der Waals surface area contributed by atoms with Gasteiger partial charge in [0.05, 0.1) is 11.6 Å². The van der Waals surface area contributed by atoms with E-state index < -0.39 is 17.7 Å². The number of amides is 1. The zero-order chi connectivity index (χ0) is 21.7. The number of ketones is 1. The van der Waals surface area contributed by atoms with Crippen LogP contribution in [0.1, 0.15) is 30.5 Å². The van der Waals surface area contributed by atoms with Gasteiger partial charge in [-0.2, -0.15) is 0 Å². The highest BCUT2D eigenvalue weighted by molar-refractivity contribution is 6.08. The molecule has 1 heterocycles. The van der Waals surface area contributed by atoms with Gasteiger partial charge in [0.25, 0.3) is 5.91 Å². The molecule has 2 aromatic rings. The van der Waals surface area contributed by atoms with E-state index in [0.717, 1.165) is 11.1 Å². The molecule has 3 rings (SSSR count). The lowest BCUT2D eigenvalue weighted by Gasteiger charge is -2.28. The lowest BCUT2D eigenvalue weighted by molar-refractivity contribution is -0.129. The quantitative estimate of drug-likeness (QED) is 0.688. The first kappa shape index (κ1) is 21.6. The number of aliphatic hydroxyl groups excluding tert-OH is 1. The molecule has 0 spiro atoms. The van der Waals surface area contributed by atoms with Crippen LogP contribution in [0.3, 0.4) is 0 Å². The van der Waals surface area contributed by atoms with Crippen molar-refractivity contribution in [1.82, 2.24) is 9.80 Å². The smallest absolute Gasteiger partial charge is 0.290 e.